The minimum absolute atomic E-state index is 0.0165. The van der Waals surface area contributed by atoms with Gasteiger partial charge in [0.1, 0.15) is 5.75 Å². The average Bonchev–Trinajstić information content (AvgIpc) is 2.27. The van der Waals surface area contributed by atoms with Gasteiger partial charge in [0.15, 0.2) is 0 Å². The van der Waals surface area contributed by atoms with E-state index in [1.165, 1.54) is 5.56 Å². The molecule has 0 amide bonds. The second-order valence-corrected chi connectivity index (χ2v) is 6.38. The van der Waals surface area contributed by atoms with Gasteiger partial charge in [-0.3, -0.25) is 0 Å². The van der Waals surface area contributed by atoms with Crippen LogP contribution < -0.4 is 9.88 Å². The van der Waals surface area contributed by atoms with Gasteiger partial charge in [-0.05, 0) is 36.5 Å². The molecule has 0 fully saturated rings. The van der Waals surface area contributed by atoms with Crippen LogP contribution in [0, 0.1) is 0 Å². The molecule has 4 nitrogen and oxygen atoms in total. The van der Waals surface area contributed by atoms with Crippen molar-refractivity contribution in [2.75, 3.05) is 12.4 Å². The van der Waals surface area contributed by atoms with E-state index in [-0.39, 0.29) is 5.75 Å². The number of ether oxygens (including phenoxy) is 1. The van der Waals surface area contributed by atoms with Gasteiger partial charge in [0, 0.05) is 0 Å². The predicted molar refractivity (Wildman–Crippen MR) is 73.2 cm³/mol. The van der Waals surface area contributed by atoms with Crippen molar-refractivity contribution in [3.05, 3.63) is 29.8 Å². The molecule has 18 heavy (non-hydrogen) atoms. The van der Waals surface area contributed by atoms with Crippen molar-refractivity contribution in [1.29, 1.82) is 0 Å². The maximum absolute atomic E-state index is 10.7. The van der Waals surface area contributed by atoms with Crippen molar-refractivity contribution in [3.63, 3.8) is 0 Å². The van der Waals surface area contributed by atoms with Gasteiger partial charge in [0.2, 0.25) is 10.0 Å². The standard InChI is InChI=1S/C13H21NO3S/c1-11(2)12-5-7-13(8-6-12)17-9-3-4-10-18(14,15)16/h5-8,11H,3-4,9-10H2,1-2H3,(H2,14,15,16). The van der Waals surface area contributed by atoms with E-state index in [9.17, 15) is 8.42 Å². The summed E-state index contributed by atoms with van der Waals surface area (Å²) in [7, 11) is -3.34. The molecule has 102 valence electrons. The Bertz CT molecular complexity index is 452. The van der Waals surface area contributed by atoms with Crippen molar-refractivity contribution in [3.8, 4) is 5.75 Å². The van der Waals surface area contributed by atoms with Crippen LogP contribution in [0.3, 0.4) is 0 Å². The first kappa shape index (κ1) is 15.0. The van der Waals surface area contributed by atoms with Crippen LogP contribution in [-0.4, -0.2) is 20.8 Å². The average molecular weight is 271 g/mol. The minimum atomic E-state index is -3.34. The highest BCUT2D eigenvalue weighted by molar-refractivity contribution is 7.89. The van der Waals surface area contributed by atoms with Crippen LogP contribution in [0.5, 0.6) is 5.75 Å². The van der Waals surface area contributed by atoms with E-state index in [1.54, 1.807) is 0 Å². The van der Waals surface area contributed by atoms with Crippen molar-refractivity contribution < 1.29 is 13.2 Å². The lowest BCUT2D eigenvalue weighted by molar-refractivity contribution is 0.309. The molecule has 5 heteroatoms. The highest BCUT2D eigenvalue weighted by Gasteiger charge is 2.02. The fourth-order valence-electron chi connectivity index (χ4n) is 1.54. The van der Waals surface area contributed by atoms with Crippen molar-refractivity contribution >= 4 is 10.0 Å². The monoisotopic (exact) mass is 271 g/mol. The lowest BCUT2D eigenvalue weighted by atomic mass is 10.0. The summed E-state index contributed by atoms with van der Waals surface area (Å²) >= 11 is 0. The second-order valence-electron chi connectivity index (χ2n) is 4.65. The number of nitrogens with two attached hydrogens (primary N) is 1. The van der Waals surface area contributed by atoms with Gasteiger partial charge in [-0.2, -0.15) is 0 Å². The third kappa shape index (κ3) is 6.02. The summed E-state index contributed by atoms with van der Waals surface area (Å²) in [5.74, 6) is 1.34. The predicted octanol–water partition coefficient (Wildman–Crippen LogP) is 2.26. The van der Waals surface area contributed by atoms with E-state index >= 15 is 0 Å². The zero-order valence-electron chi connectivity index (χ0n) is 10.9. The quantitative estimate of drug-likeness (QED) is 0.773. The van der Waals surface area contributed by atoms with Crippen LogP contribution in [0.1, 0.15) is 38.2 Å². The van der Waals surface area contributed by atoms with Crippen molar-refractivity contribution in [1.82, 2.24) is 0 Å². The van der Waals surface area contributed by atoms with E-state index in [1.807, 2.05) is 24.3 Å². The normalized spacial score (nSPS) is 11.8. The molecule has 1 aromatic rings. The SMILES string of the molecule is CC(C)c1ccc(OCCCCS(N)(=O)=O)cc1. The summed E-state index contributed by atoms with van der Waals surface area (Å²) in [5, 5.41) is 4.91. The smallest absolute Gasteiger partial charge is 0.209 e. The Labute approximate surface area is 109 Å². The van der Waals surface area contributed by atoms with Gasteiger partial charge in [-0.1, -0.05) is 26.0 Å². The largest absolute Gasteiger partial charge is 0.494 e. The van der Waals surface area contributed by atoms with Gasteiger partial charge in [0.05, 0.1) is 12.4 Å². The van der Waals surface area contributed by atoms with Crippen molar-refractivity contribution in [2.45, 2.75) is 32.6 Å². The molecular formula is C13H21NO3S. The van der Waals surface area contributed by atoms with Gasteiger partial charge in [-0.15, -0.1) is 0 Å². The van der Waals surface area contributed by atoms with Crippen LogP contribution >= 0.6 is 0 Å². The Morgan fingerprint density at radius 1 is 1.17 bits per heavy atom. The summed E-state index contributed by atoms with van der Waals surface area (Å²) in [6.45, 7) is 4.79. The fraction of sp³-hybridized carbons (Fsp3) is 0.538. The topological polar surface area (TPSA) is 69.4 Å². The Morgan fingerprint density at radius 3 is 2.28 bits per heavy atom. The molecule has 0 aliphatic heterocycles. The van der Waals surface area contributed by atoms with Gasteiger partial charge in [0.25, 0.3) is 0 Å². The summed E-state index contributed by atoms with van der Waals surface area (Å²) < 4.78 is 26.9. The molecule has 0 aromatic heterocycles. The molecule has 0 heterocycles. The maximum atomic E-state index is 10.7. The first-order valence-electron chi connectivity index (χ1n) is 6.12. The first-order chi connectivity index (χ1) is 8.38. The minimum Gasteiger partial charge on any atom is -0.494 e. The summed E-state index contributed by atoms with van der Waals surface area (Å²) in [6.07, 6.45) is 1.21. The van der Waals surface area contributed by atoms with Gasteiger partial charge >= 0.3 is 0 Å². The van der Waals surface area contributed by atoms with E-state index in [0.29, 0.717) is 25.4 Å². The van der Waals surface area contributed by atoms with Gasteiger partial charge < -0.3 is 4.74 Å². The Balaban J connectivity index is 2.27. The van der Waals surface area contributed by atoms with Crippen LogP contribution in [0.15, 0.2) is 24.3 Å². The number of benzene rings is 1. The van der Waals surface area contributed by atoms with Crippen molar-refractivity contribution in [2.24, 2.45) is 5.14 Å². The third-order valence-electron chi connectivity index (χ3n) is 2.64. The molecule has 0 aliphatic carbocycles. The summed E-state index contributed by atoms with van der Waals surface area (Å²) in [6, 6.07) is 7.97. The number of sulfonamides is 1. The number of primary sulfonamides is 1. The summed E-state index contributed by atoms with van der Waals surface area (Å²) in [5.41, 5.74) is 1.27. The Kier molecular flexibility index (Phi) is 5.62. The number of unbranched alkanes of at least 4 members (excludes halogenated alkanes) is 1. The number of hydrogen-bond acceptors (Lipinski definition) is 3. The number of hydrogen-bond donors (Lipinski definition) is 1. The van der Waals surface area contributed by atoms with E-state index in [4.69, 9.17) is 9.88 Å². The molecule has 0 saturated carbocycles. The molecular weight excluding hydrogens is 250 g/mol. The molecule has 0 radical (unpaired) electrons. The molecule has 0 spiro atoms. The molecule has 0 saturated heterocycles. The Morgan fingerprint density at radius 2 is 1.78 bits per heavy atom. The van der Waals surface area contributed by atoms with E-state index in [0.717, 1.165) is 5.75 Å². The lowest BCUT2D eigenvalue weighted by Crippen LogP contribution is -2.16. The molecule has 0 atom stereocenters. The van der Waals surface area contributed by atoms with Crippen LogP contribution in [-0.2, 0) is 10.0 Å². The lowest BCUT2D eigenvalue weighted by Gasteiger charge is -2.08. The molecule has 0 unspecified atom stereocenters. The van der Waals surface area contributed by atoms with Crippen LogP contribution in [0.4, 0.5) is 0 Å². The first-order valence-corrected chi connectivity index (χ1v) is 7.83. The number of rotatable bonds is 7. The summed E-state index contributed by atoms with van der Waals surface area (Å²) in [4.78, 5) is 0. The molecule has 0 aliphatic rings. The van der Waals surface area contributed by atoms with E-state index < -0.39 is 10.0 Å². The molecule has 0 bridgehead atoms. The zero-order chi connectivity index (χ0) is 13.6. The molecule has 1 rings (SSSR count). The molecule has 2 N–H and O–H groups in total. The van der Waals surface area contributed by atoms with Crippen LogP contribution in [0.2, 0.25) is 0 Å². The fourth-order valence-corrected chi connectivity index (χ4v) is 2.15. The second kappa shape index (κ2) is 6.75. The highest BCUT2D eigenvalue weighted by atomic mass is 32.2. The zero-order valence-corrected chi connectivity index (χ0v) is 11.7. The Hall–Kier alpha value is -1.07. The van der Waals surface area contributed by atoms with Gasteiger partial charge in [-0.25, -0.2) is 13.6 Å². The van der Waals surface area contributed by atoms with Crippen LogP contribution in [0.25, 0.3) is 0 Å². The highest BCUT2D eigenvalue weighted by Crippen LogP contribution is 2.18. The molecule has 1 aromatic carbocycles. The van der Waals surface area contributed by atoms with E-state index in [2.05, 4.69) is 13.8 Å². The maximum Gasteiger partial charge on any atom is 0.209 e. The third-order valence-corrected chi connectivity index (χ3v) is 3.50.